The molecule has 12 heteroatoms. The van der Waals surface area contributed by atoms with Crippen molar-refractivity contribution >= 4 is 23.5 Å². The highest BCUT2D eigenvalue weighted by Crippen LogP contribution is 2.38. The Balaban J connectivity index is 1.14. The van der Waals surface area contributed by atoms with Crippen molar-refractivity contribution in [2.75, 3.05) is 46.3 Å². The molecule has 3 heterocycles. The highest BCUT2D eigenvalue weighted by Gasteiger charge is 2.30. The zero-order valence-corrected chi connectivity index (χ0v) is 31.7. The van der Waals surface area contributed by atoms with Crippen LogP contribution < -0.4 is 26.6 Å². The number of allylic oxidation sites excluding steroid dienone is 1. The van der Waals surface area contributed by atoms with Crippen LogP contribution >= 0.6 is 0 Å². The first-order valence-electron chi connectivity index (χ1n) is 18.9. The van der Waals surface area contributed by atoms with Gasteiger partial charge in [0.25, 0.3) is 0 Å². The highest BCUT2D eigenvalue weighted by molar-refractivity contribution is 6.05. The zero-order chi connectivity index (χ0) is 37.5. The van der Waals surface area contributed by atoms with E-state index in [4.69, 9.17) is 26.3 Å². The number of carbonyl (C=O) groups excluding carboxylic acids is 1. The number of piperidine rings is 1. The first kappa shape index (κ1) is 37.8. The fraction of sp³-hybridized carbons (Fsp3) is 0.463. The number of nitrogens with two attached hydrogens (primary N) is 1. The maximum atomic E-state index is 13.6. The summed E-state index contributed by atoms with van der Waals surface area (Å²) in [6, 6.07) is 19.1. The number of rotatable bonds is 7. The van der Waals surface area contributed by atoms with Gasteiger partial charge in [-0.15, -0.1) is 0 Å². The van der Waals surface area contributed by atoms with E-state index in [-0.39, 0.29) is 29.1 Å². The molecule has 2 aromatic carbocycles. The Morgan fingerprint density at radius 1 is 0.943 bits per heavy atom. The molecule has 1 aromatic heterocycles. The van der Waals surface area contributed by atoms with Gasteiger partial charge >= 0.3 is 6.03 Å². The van der Waals surface area contributed by atoms with E-state index in [9.17, 15) is 4.79 Å². The van der Waals surface area contributed by atoms with Crippen molar-refractivity contribution in [2.24, 2.45) is 16.1 Å². The molecule has 6 N–H and O–H groups in total. The number of urea groups is 1. The lowest BCUT2D eigenvalue weighted by molar-refractivity contribution is 0.148. The molecule has 2 fully saturated rings. The molecule has 3 aromatic rings. The van der Waals surface area contributed by atoms with Gasteiger partial charge < -0.3 is 25.6 Å². The topological polar surface area (TPSA) is 151 Å². The number of fused-ring (bicyclic) bond motifs is 1. The number of amides is 2. The monoisotopic (exact) mass is 720 g/mol. The number of likely N-dealkylation sites (N-methyl/N-ethyl adjacent to an activating group) is 1. The molecule has 0 radical (unpaired) electrons. The van der Waals surface area contributed by atoms with Gasteiger partial charge in [-0.05, 0) is 80.1 Å². The fourth-order valence-electron chi connectivity index (χ4n) is 7.02. The van der Waals surface area contributed by atoms with E-state index in [1.807, 2.05) is 62.1 Å². The van der Waals surface area contributed by atoms with Crippen molar-refractivity contribution in [1.82, 2.24) is 29.9 Å². The number of hydrogen-bond donors (Lipinski definition) is 5. The predicted molar refractivity (Wildman–Crippen MR) is 210 cm³/mol. The number of likely N-dealkylation sites (tertiary alicyclic amines) is 1. The van der Waals surface area contributed by atoms with Crippen LogP contribution in [-0.4, -0.2) is 83.4 Å². The molecule has 0 bridgehead atoms. The number of aromatic nitrogens is 1. The minimum Gasteiger partial charge on any atom is -0.484 e. The molecule has 2 amide bonds. The minimum atomic E-state index is -0.365. The first-order valence-corrected chi connectivity index (χ1v) is 18.9. The number of nitrogens with one attached hydrogen (secondary N) is 4. The van der Waals surface area contributed by atoms with E-state index in [0.29, 0.717) is 36.1 Å². The lowest BCUT2D eigenvalue weighted by atomic mass is 9.85. The van der Waals surface area contributed by atoms with Gasteiger partial charge in [0.1, 0.15) is 23.2 Å². The third-order valence-electron chi connectivity index (χ3n) is 10.4. The van der Waals surface area contributed by atoms with Gasteiger partial charge in [0.2, 0.25) is 5.96 Å². The summed E-state index contributed by atoms with van der Waals surface area (Å²) in [5.74, 6) is 1.27. The number of ether oxygens (including phenoxy) is 1. The first-order chi connectivity index (χ1) is 25.4. The molecule has 3 aliphatic rings. The molecule has 12 nitrogen and oxygen atoms in total. The van der Waals surface area contributed by atoms with Crippen molar-refractivity contribution in [3.8, 4) is 5.75 Å². The van der Waals surface area contributed by atoms with Crippen LogP contribution in [0.3, 0.4) is 0 Å². The quantitative estimate of drug-likeness (QED) is 0.153. The van der Waals surface area contributed by atoms with Crippen LogP contribution in [0.2, 0.25) is 0 Å². The smallest absolute Gasteiger partial charge is 0.320 e. The van der Waals surface area contributed by atoms with E-state index >= 15 is 0 Å². The second-order valence-electron chi connectivity index (χ2n) is 15.5. The van der Waals surface area contributed by atoms with Gasteiger partial charge in [0, 0.05) is 63.0 Å². The molecular weight excluding hydrogens is 665 g/mol. The number of amidine groups is 1. The van der Waals surface area contributed by atoms with Crippen LogP contribution in [0.15, 0.2) is 83.6 Å². The van der Waals surface area contributed by atoms with E-state index < -0.39 is 0 Å². The van der Waals surface area contributed by atoms with E-state index in [2.05, 4.69) is 39.6 Å². The molecule has 282 valence electrons. The average Bonchev–Trinajstić information content (AvgIpc) is 3.14. The summed E-state index contributed by atoms with van der Waals surface area (Å²) >= 11 is 0. The highest BCUT2D eigenvalue weighted by atomic mass is 16.5. The van der Waals surface area contributed by atoms with E-state index in [1.54, 1.807) is 29.0 Å². The third kappa shape index (κ3) is 9.94. The largest absolute Gasteiger partial charge is 0.484 e. The van der Waals surface area contributed by atoms with E-state index in [1.165, 1.54) is 12.0 Å². The number of aliphatic imine (C=N–C) groups is 1. The average molecular weight is 721 g/mol. The standard InChI is InChI=1S/C41H56N10O2/c1-41(2,3)36(42)26-38(45-30-14-12-29(13-15-30)27-49-24-22-48(4)23-25-49)47-40(52)46-34-17-18-35(33-11-7-6-10-32(33)34)53-31-16-19-37(43)51(28-31)39(44)50-20-8-5-9-21-50/h6-7,10-16,19,26,28,34-35,43-44H,5,8-9,17-18,20-25,27,42H2,1-4H3,(H2,45,46,47,52)/t34-,35+/m0/s1. The zero-order valence-electron chi connectivity index (χ0n) is 31.7. The van der Waals surface area contributed by atoms with Crippen molar-refractivity contribution in [3.05, 3.63) is 101 Å². The van der Waals surface area contributed by atoms with Gasteiger partial charge in [-0.25, -0.2) is 9.79 Å². The summed E-state index contributed by atoms with van der Waals surface area (Å²) in [5.41, 5.74) is 11.0. The Morgan fingerprint density at radius 2 is 1.64 bits per heavy atom. The van der Waals surface area contributed by atoms with Gasteiger partial charge in [-0.1, -0.05) is 57.2 Å². The van der Waals surface area contributed by atoms with Crippen LogP contribution in [0.1, 0.15) is 81.7 Å². The fourth-order valence-corrected chi connectivity index (χ4v) is 7.02. The van der Waals surface area contributed by atoms with Crippen LogP contribution in [0, 0.1) is 16.2 Å². The molecular formula is C41H56N10O2. The van der Waals surface area contributed by atoms with Gasteiger partial charge in [-0.3, -0.25) is 25.6 Å². The molecule has 53 heavy (non-hydrogen) atoms. The molecule has 0 spiro atoms. The molecule has 0 unspecified atom stereocenters. The molecule has 2 saturated heterocycles. The predicted octanol–water partition coefficient (Wildman–Crippen LogP) is 5.86. The summed E-state index contributed by atoms with van der Waals surface area (Å²) in [5, 5.41) is 23.4. The summed E-state index contributed by atoms with van der Waals surface area (Å²) < 4.78 is 8.13. The maximum absolute atomic E-state index is 13.6. The molecule has 2 atom stereocenters. The molecule has 0 saturated carbocycles. The van der Waals surface area contributed by atoms with Crippen LogP contribution in [0.25, 0.3) is 0 Å². The SMILES string of the molecule is CN1CCN(Cc2ccc(N=C(C=C(N)C(C)(C)C)NC(=O)N[C@H]3CC[C@@H](Oc4ccc(=N)n(C(=N)N5CCCCC5)c4)c4ccccc43)cc2)CC1. The number of nitrogens with zero attached hydrogens (tertiary/aromatic N) is 5. The molecule has 1 aliphatic carbocycles. The lowest BCUT2D eigenvalue weighted by Crippen LogP contribution is -2.43. The summed E-state index contributed by atoms with van der Waals surface area (Å²) in [6.45, 7) is 12.9. The van der Waals surface area contributed by atoms with Gasteiger partial charge in [0.15, 0.2) is 0 Å². The van der Waals surface area contributed by atoms with E-state index in [0.717, 1.165) is 75.5 Å². The van der Waals surface area contributed by atoms with Crippen LogP contribution in [0.5, 0.6) is 5.75 Å². The normalized spacial score (nSPS) is 20.4. The molecule has 6 rings (SSSR count). The second kappa shape index (κ2) is 16.8. The lowest BCUT2D eigenvalue weighted by Gasteiger charge is -2.33. The van der Waals surface area contributed by atoms with Crippen molar-refractivity contribution < 1.29 is 9.53 Å². The maximum Gasteiger partial charge on any atom is 0.320 e. The summed E-state index contributed by atoms with van der Waals surface area (Å²) in [6.07, 6.45) is 7.87. The van der Waals surface area contributed by atoms with Crippen LogP contribution in [0.4, 0.5) is 10.5 Å². The van der Waals surface area contributed by atoms with Crippen molar-refractivity contribution in [1.29, 1.82) is 10.8 Å². The molecule has 2 aliphatic heterocycles. The summed E-state index contributed by atoms with van der Waals surface area (Å²) in [7, 11) is 2.16. The summed E-state index contributed by atoms with van der Waals surface area (Å²) in [4.78, 5) is 25.3. The third-order valence-corrected chi connectivity index (χ3v) is 10.4. The van der Waals surface area contributed by atoms with Crippen molar-refractivity contribution in [2.45, 2.75) is 71.6 Å². The number of pyridine rings is 1. The Kier molecular flexibility index (Phi) is 12.0. The Bertz CT molecular complexity index is 1860. The number of hydrogen-bond acceptors (Lipinski definition) is 8. The number of carbonyl (C=O) groups is 1. The number of piperazine rings is 1. The van der Waals surface area contributed by atoms with Crippen LogP contribution in [-0.2, 0) is 6.54 Å². The Morgan fingerprint density at radius 3 is 2.34 bits per heavy atom. The van der Waals surface area contributed by atoms with Gasteiger partial charge in [-0.2, -0.15) is 0 Å². The minimum absolute atomic E-state index is 0.238. The van der Waals surface area contributed by atoms with Gasteiger partial charge in [0.05, 0.1) is 17.9 Å². The Hall–Kier alpha value is -4.94. The van der Waals surface area contributed by atoms with Crippen molar-refractivity contribution in [3.63, 3.8) is 0 Å². The Labute approximate surface area is 313 Å². The second-order valence-corrected chi connectivity index (χ2v) is 15.5. The number of benzene rings is 2.